The summed E-state index contributed by atoms with van der Waals surface area (Å²) in [5, 5.41) is 8.35. The number of thiophene rings is 1. The van der Waals surface area contributed by atoms with Crippen molar-refractivity contribution in [1.82, 2.24) is 5.32 Å². The van der Waals surface area contributed by atoms with Crippen LogP contribution >= 0.6 is 22.9 Å². The van der Waals surface area contributed by atoms with Crippen molar-refractivity contribution in [3.8, 4) is 0 Å². The minimum absolute atomic E-state index is 0.153. The van der Waals surface area contributed by atoms with Crippen LogP contribution in [0.25, 0.3) is 0 Å². The molecule has 7 heteroatoms. The molecule has 1 fully saturated rings. The fourth-order valence-corrected chi connectivity index (χ4v) is 4.14. The zero-order chi connectivity index (χ0) is 18.5. The molecule has 138 valence electrons. The van der Waals surface area contributed by atoms with E-state index < -0.39 is 0 Å². The molecule has 2 aromatic rings. The summed E-state index contributed by atoms with van der Waals surface area (Å²) in [4.78, 5) is 27.4. The van der Waals surface area contributed by atoms with Gasteiger partial charge in [-0.25, -0.2) is 0 Å². The number of benzene rings is 1. The van der Waals surface area contributed by atoms with Gasteiger partial charge in [-0.2, -0.15) is 0 Å². The lowest BCUT2D eigenvalue weighted by Crippen LogP contribution is -2.29. The van der Waals surface area contributed by atoms with Gasteiger partial charge < -0.3 is 15.5 Å². The van der Waals surface area contributed by atoms with Gasteiger partial charge in [-0.3, -0.25) is 9.59 Å². The van der Waals surface area contributed by atoms with Crippen molar-refractivity contribution in [2.45, 2.75) is 32.2 Å². The molecule has 1 aliphatic heterocycles. The van der Waals surface area contributed by atoms with Crippen LogP contribution in [-0.4, -0.2) is 24.9 Å². The summed E-state index contributed by atoms with van der Waals surface area (Å²) in [6, 6.07) is 9.08. The highest BCUT2D eigenvalue weighted by atomic mass is 35.5. The standard InChI is InChI=1S/C19H22ClN3O2S/c1-13(24)21-16(18-5-4-10-26-18)12-19(25)22-15-11-14(20)6-7-17(15)23-8-2-3-9-23/h4-7,10-11,16H,2-3,8-9,12H2,1H3,(H,21,24)(H,22,25). The van der Waals surface area contributed by atoms with Crippen LogP contribution in [0.5, 0.6) is 0 Å². The molecule has 2 amide bonds. The lowest BCUT2D eigenvalue weighted by atomic mass is 10.1. The zero-order valence-electron chi connectivity index (χ0n) is 14.6. The molecule has 2 heterocycles. The Bertz CT molecular complexity index is 773. The molecule has 1 atom stereocenters. The quantitative estimate of drug-likeness (QED) is 0.775. The molecule has 1 unspecified atom stereocenters. The number of hydrogen-bond donors (Lipinski definition) is 2. The monoisotopic (exact) mass is 391 g/mol. The smallest absolute Gasteiger partial charge is 0.226 e. The predicted octanol–water partition coefficient (Wildman–Crippen LogP) is 4.21. The van der Waals surface area contributed by atoms with Gasteiger partial charge in [0, 0.05) is 29.9 Å². The molecule has 1 aromatic heterocycles. The summed E-state index contributed by atoms with van der Waals surface area (Å²) >= 11 is 7.66. The van der Waals surface area contributed by atoms with Gasteiger partial charge in [-0.05, 0) is 42.5 Å². The van der Waals surface area contributed by atoms with Gasteiger partial charge in [-0.15, -0.1) is 11.3 Å². The molecule has 0 bridgehead atoms. The molecule has 1 saturated heterocycles. The van der Waals surface area contributed by atoms with E-state index in [0.29, 0.717) is 5.02 Å². The van der Waals surface area contributed by atoms with Crippen molar-refractivity contribution >= 4 is 46.1 Å². The predicted molar refractivity (Wildman–Crippen MR) is 107 cm³/mol. The van der Waals surface area contributed by atoms with Gasteiger partial charge in [-0.1, -0.05) is 17.7 Å². The van der Waals surface area contributed by atoms with Crippen molar-refractivity contribution < 1.29 is 9.59 Å². The molecule has 1 aromatic carbocycles. The molecule has 1 aliphatic rings. The van der Waals surface area contributed by atoms with Crippen LogP contribution in [0.15, 0.2) is 35.7 Å². The number of anilines is 2. The van der Waals surface area contributed by atoms with Crippen LogP contribution in [-0.2, 0) is 9.59 Å². The number of amides is 2. The van der Waals surface area contributed by atoms with E-state index >= 15 is 0 Å². The summed E-state index contributed by atoms with van der Waals surface area (Å²) in [5.74, 6) is -0.309. The second kappa shape index (κ2) is 8.56. The van der Waals surface area contributed by atoms with E-state index in [9.17, 15) is 9.59 Å². The topological polar surface area (TPSA) is 61.4 Å². The molecule has 0 radical (unpaired) electrons. The average Bonchev–Trinajstić information content (AvgIpc) is 3.28. The Hall–Kier alpha value is -2.05. The number of nitrogens with one attached hydrogen (secondary N) is 2. The summed E-state index contributed by atoms with van der Waals surface area (Å²) < 4.78 is 0. The third-order valence-corrected chi connectivity index (χ3v) is 5.55. The first-order chi connectivity index (χ1) is 12.5. The van der Waals surface area contributed by atoms with Crippen molar-refractivity contribution in [2.75, 3.05) is 23.3 Å². The third-order valence-electron chi connectivity index (χ3n) is 4.33. The molecular formula is C19H22ClN3O2S. The number of rotatable bonds is 6. The molecule has 0 spiro atoms. The second-order valence-corrected chi connectivity index (χ2v) is 7.79. The van der Waals surface area contributed by atoms with Crippen molar-refractivity contribution in [2.24, 2.45) is 0 Å². The normalized spacial score (nSPS) is 14.9. The van der Waals surface area contributed by atoms with Crippen LogP contribution in [0, 0.1) is 0 Å². The van der Waals surface area contributed by atoms with Crippen molar-refractivity contribution in [3.63, 3.8) is 0 Å². The molecule has 3 rings (SSSR count). The SMILES string of the molecule is CC(=O)NC(CC(=O)Nc1cc(Cl)ccc1N1CCCC1)c1cccs1. The highest BCUT2D eigenvalue weighted by Crippen LogP contribution is 2.32. The number of carbonyl (C=O) groups is 2. The Morgan fingerprint density at radius 2 is 2.04 bits per heavy atom. The minimum Gasteiger partial charge on any atom is -0.370 e. The maximum absolute atomic E-state index is 12.7. The molecular weight excluding hydrogens is 370 g/mol. The first-order valence-corrected chi connectivity index (χ1v) is 9.93. The molecule has 0 saturated carbocycles. The number of nitrogens with zero attached hydrogens (tertiary/aromatic N) is 1. The lowest BCUT2D eigenvalue weighted by molar-refractivity contribution is -0.120. The van der Waals surface area contributed by atoms with Crippen LogP contribution in [0.3, 0.4) is 0 Å². The van der Waals surface area contributed by atoms with Crippen LogP contribution in [0.1, 0.15) is 37.1 Å². The molecule has 5 nitrogen and oxygen atoms in total. The van der Waals surface area contributed by atoms with Crippen LogP contribution in [0.4, 0.5) is 11.4 Å². The number of carbonyl (C=O) groups excluding carboxylic acids is 2. The minimum atomic E-state index is -0.332. The summed E-state index contributed by atoms with van der Waals surface area (Å²) in [7, 11) is 0. The zero-order valence-corrected chi connectivity index (χ0v) is 16.2. The van der Waals surface area contributed by atoms with E-state index in [2.05, 4.69) is 15.5 Å². The summed E-state index contributed by atoms with van der Waals surface area (Å²) in [6.07, 6.45) is 2.48. The highest BCUT2D eigenvalue weighted by molar-refractivity contribution is 7.10. The fraction of sp³-hybridized carbons (Fsp3) is 0.368. The highest BCUT2D eigenvalue weighted by Gasteiger charge is 2.21. The Morgan fingerprint density at radius 1 is 1.27 bits per heavy atom. The molecule has 0 aliphatic carbocycles. The maximum Gasteiger partial charge on any atom is 0.226 e. The first-order valence-electron chi connectivity index (χ1n) is 8.68. The van der Waals surface area contributed by atoms with E-state index in [1.54, 1.807) is 6.07 Å². The first kappa shape index (κ1) is 18.7. The average molecular weight is 392 g/mol. The molecule has 2 N–H and O–H groups in total. The van der Waals surface area contributed by atoms with Crippen molar-refractivity contribution in [1.29, 1.82) is 0 Å². The van der Waals surface area contributed by atoms with E-state index in [1.165, 1.54) is 18.3 Å². The lowest BCUT2D eigenvalue weighted by Gasteiger charge is -2.22. The Kier molecular flexibility index (Phi) is 6.16. The Morgan fingerprint density at radius 3 is 2.69 bits per heavy atom. The summed E-state index contributed by atoms with van der Waals surface area (Å²) in [6.45, 7) is 3.42. The van der Waals surface area contributed by atoms with Gasteiger partial charge in [0.05, 0.1) is 23.8 Å². The van der Waals surface area contributed by atoms with Gasteiger partial charge in [0.2, 0.25) is 11.8 Å². The Labute approximate surface area is 162 Å². The van der Waals surface area contributed by atoms with E-state index in [-0.39, 0.29) is 24.3 Å². The maximum atomic E-state index is 12.7. The van der Waals surface area contributed by atoms with E-state index in [0.717, 1.165) is 42.2 Å². The molecule has 26 heavy (non-hydrogen) atoms. The fourth-order valence-electron chi connectivity index (χ4n) is 3.19. The van der Waals surface area contributed by atoms with Gasteiger partial charge in [0.15, 0.2) is 0 Å². The second-order valence-electron chi connectivity index (χ2n) is 6.38. The van der Waals surface area contributed by atoms with E-state index in [4.69, 9.17) is 11.6 Å². The summed E-state index contributed by atoms with van der Waals surface area (Å²) in [5.41, 5.74) is 1.71. The largest absolute Gasteiger partial charge is 0.370 e. The Balaban J connectivity index is 1.74. The number of halogens is 1. The van der Waals surface area contributed by atoms with Gasteiger partial charge in [0.1, 0.15) is 0 Å². The van der Waals surface area contributed by atoms with Crippen LogP contribution < -0.4 is 15.5 Å². The van der Waals surface area contributed by atoms with Gasteiger partial charge in [0.25, 0.3) is 0 Å². The van der Waals surface area contributed by atoms with E-state index in [1.807, 2.05) is 29.6 Å². The number of hydrogen-bond acceptors (Lipinski definition) is 4. The van der Waals surface area contributed by atoms with Gasteiger partial charge >= 0.3 is 0 Å². The third kappa shape index (κ3) is 4.77. The van der Waals surface area contributed by atoms with Crippen LogP contribution in [0.2, 0.25) is 5.02 Å². The van der Waals surface area contributed by atoms with Crippen molar-refractivity contribution in [3.05, 3.63) is 45.6 Å².